The summed E-state index contributed by atoms with van der Waals surface area (Å²) in [6.45, 7) is 0.848. The van der Waals surface area contributed by atoms with E-state index in [9.17, 15) is 4.79 Å². The molecule has 0 aliphatic rings. The summed E-state index contributed by atoms with van der Waals surface area (Å²) < 4.78 is 1.71. The van der Waals surface area contributed by atoms with Gasteiger partial charge in [-0.15, -0.1) is 0 Å². The maximum absolute atomic E-state index is 12.3. The number of aromatic nitrogens is 3. The summed E-state index contributed by atoms with van der Waals surface area (Å²) in [6.07, 6.45) is 5.25. The van der Waals surface area contributed by atoms with E-state index in [0.29, 0.717) is 24.3 Å². The van der Waals surface area contributed by atoms with Gasteiger partial charge in [0.05, 0.1) is 11.9 Å². The van der Waals surface area contributed by atoms with E-state index in [0.717, 1.165) is 5.56 Å². The highest BCUT2D eigenvalue weighted by Gasteiger charge is 2.13. The van der Waals surface area contributed by atoms with Gasteiger partial charge >= 0.3 is 0 Å². The van der Waals surface area contributed by atoms with Crippen molar-refractivity contribution in [1.82, 2.24) is 19.7 Å². The molecule has 2 heterocycles. The highest BCUT2D eigenvalue weighted by Crippen LogP contribution is 2.08. The summed E-state index contributed by atoms with van der Waals surface area (Å²) in [6, 6.07) is 3.42. The van der Waals surface area contributed by atoms with Crippen LogP contribution >= 0.6 is 0 Å². The zero-order valence-corrected chi connectivity index (χ0v) is 11.1. The molecular formula is C13H17N5O. The third-order valence-electron chi connectivity index (χ3n) is 2.80. The molecule has 0 atom stereocenters. The summed E-state index contributed by atoms with van der Waals surface area (Å²) in [5.74, 6) is -0.0547. The molecule has 6 heteroatoms. The molecule has 6 nitrogen and oxygen atoms in total. The van der Waals surface area contributed by atoms with E-state index in [2.05, 4.69) is 10.1 Å². The van der Waals surface area contributed by atoms with Crippen LogP contribution in [0.3, 0.4) is 0 Å². The molecule has 0 aromatic carbocycles. The Morgan fingerprint density at radius 1 is 1.53 bits per heavy atom. The largest absolute Gasteiger partial charge is 0.337 e. The minimum atomic E-state index is -0.0547. The zero-order valence-electron chi connectivity index (χ0n) is 11.1. The number of pyridine rings is 1. The van der Waals surface area contributed by atoms with E-state index in [4.69, 9.17) is 5.73 Å². The van der Waals surface area contributed by atoms with Gasteiger partial charge in [0.15, 0.2) is 0 Å². The number of nitrogens with zero attached hydrogens (tertiary/aromatic N) is 4. The van der Waals surface area contributed by atoms with Crippen molar-refractivity contribution < 1.29 is 4.79 Å². The molecule has 0 radical (unpaired) electrons. The first-order valence-electron chi connectivity index (χ1n) is 5.98. The Labute approximate surface area is 111 Å². The molecule has 0 unspecified atom stereocenters. The molecule has 0 bridgehead atoms. The first-order chi connectivity index (χ1) is 9.10. The van der Waals surface area contributed by atoms with Crippen LogP contribution in [0.25, 0.3) is 0 Å². The Bertz CT molecular complexity index is 578. The number of nitrogens with two attached hydrogens (primary N) is 1. The van der Waals surface area contributed by atoms with Crippen LogP contribution < -0.4 is 5.73 Å². The Morgan fingerprint density at radius 2 is 2.32 bits per heavy atom. The van der Waals surface area contributed by atoms with Crippen molar-refractivity contribution in [2.45, 2.75) is 13.1 Å². The predicted octanol–water partition coefficient (Wildman–Crippen LogP) is 0.546. The summed E-state index contributed by atoms with van der Waals surface area (Å²) in [4.78, 5) is 18.0. The maximum atomic E-state index is 12.3. The molecule has 0 spiro atoms. The second kappa shape index (κ2) is 5.62. The first kappa shape index (κ1) is 13.2. The molecule has 2 rings (SSSR count). The van der Waals surface area contributed by atoms with E-state index in [1.807, 2.05) is 13.2 Å². The Morgan fingerprint density at radius 3 is 2.95 bits per heavy atom. The molecule has 0 saturated heterocycles. The van der Waals surface area contributed by atoms with Crippen LogP contribution in [-0.2, 0) is 20.1 Å². The van der Waals surface area contributed by atoms with Gasteiger partial charge in [-0.25, -0.2) is 0 Å². The zero-order chi connectivity index (χ0) is 13.8. The topological polar surface area (TPSA) is 77.0 Å². The number of hydrogen-bond donors (Lipinski definition) is 1. The molecule has 2 aromatic rings. The SMILES string of the molecule is CN(Cc1cnn(C)c1)C(=O)c1ccnc(CN)c1. The van der Waals surface area contributed by atoms with Crippen LogP contribution in [0.1, 0.15) is 21.6 Å². The molecule has 1 amide bonds. The molecule has 0 saturated carbocycles. The fourth-order valence-electron chi connectivity index (χ4n) is 1.84. The van der Waals surface area contributed by atoms with Crippen LogP contribution in [0, 0.1) is 0 Å². The van der Waals surface area contributed by atoms with E-state index in [1.165, 1.54) is 0 Å². The molecular weight excluding hydrogens is 242 g/mol. The average molecular weight is 259 g/mol. The van der Waals surface area contributed by atoms with Crippen molar-refractivity contribution >= 4 is 5.91 Å². The van der Waals surface area contributed by atoms with E-state index in [-0.39, 0.29) is 5.91 Å². The lowest BCUT2D eigenvalue weighted by Gasteiger charge is -2.16. The minimum Gasteiger partial charge on any atom is -0.337 e. The standard InChI is InChI=1S/C13H17N5O/c1-17(8-10-7-16-18(2)9-10)13(19)11-3-4-15-12(5-11)6-14/h3-5,7,9H,6,8,14H2,1-2H3. The van der Waals surface area contributed by atoms with Crippen molar-refractivity contribution in [3.05, 3.63) is 47.5 Å². The lowest BCUT2D eigenvalue weighted by Crippen LogP contribution is -2.26. The van der Waals surface area contributed by atoms with Gasteiger partial charge < -0.3 is 10.6 Å². The number of carbonyl (C=O) groups excluding carboxylic acids is 1. The van der Waals surface area contributed by atoms with Crippen LogP contribution in [0.5, 0.6) is 0 Å². The predicted molar refractivity (Wildman–Crippen MR) is 71.1 cm³/mol. The molecule has 0 aliphatic carbocycles. The van der Waals surface area contributed by atoms with Crippen LogP contribution in [-0.4, -0.2) is 32.6 Å². The highest BCUT2D eigenvalue weighted by atomic mass is 16.2. The van der Waals surface area contributed by atoms with E-state index in [1.54, 1.807) is 41.2 Å². The molecule has 0 aliphatic heterocycles. The molecule has 100 valence electrons. The Kier molecular flexibility index (Phi) is 3.91. The molecule has 19 heavy (non-hydrogen) atoms. The van der Waals surface area contributed by atoms with Crippen LogP contribution in [0.15, 0.2) is 30.7 Å². The van der Waals surface area contributed by atoms with Gasteiger partial charge in [0.2, 0.25) is 0 Å². The number of aryl methyl sites for hydroxylation is 1. The van der Waals surface area contributed by atoms with Crippen molar-refractivity contribution in [3.8, 4) is 0 Å². The lowest BCUT2D eigenvalue weighted by molar-refractivity contribution is 0.0785. The van der Waals surface area contributed by atoms with Gasteiger partial charge in [-0.1, -0.05) is 0 Å². The molecule has 2 aromatic heterocycles. The highest BCUT2D eigenvalue weighted by molar-refractivity contribution is 5.94. The quantitative estimate of drug-likeness (QED) is 0.869. The summed E-state index contributed by atoms with van der Waals surface area (Å²) in [5, 5.41) is 4.08. The first-order valence-corrected chi connectivity index (χ1v) is 5.98. The Balaban J connectivity index is 2.09. The smallest absolute Gasteiger partial charge is 0.254 e. The van der Waals surface area contributed by atoms with Gasteiger partial charge in [-0.05, 0) is 12.1 Å². The minimum absolute atomic E-state index is 0.0547. The van der Waals surface area contributed by atoms with Gasteiger partial charge in [-0.2, -0.15) is 5.10 Å². The maximum Gasteiger partial charge on any atom is 0.254 e. The third-order valence-corrected chi connectivity index (χ3v) is 2.80. The summed E-state index contributed by atoms with van der Waals surface area (Å²) >= 11 is 0. The van der Waals surface area contributed by atoms with Gasteiger partial charge in [-0.3, -0.25) is 14.5 Å². The van der Waals surface area contributed by atoms with Crippen molar-refractivity contribution in [2.75, 3.05) is 7.05 Å². The van der Waals surface area contributed by atoms with Gasteiger partial charge in [0.1, 0.15) is 0 Å². The average Bonchev–Trinajstić information content (AvgIpc) is 2.83. The van der Waals surface area contributed by atoms with Crippen molar-refractivity contribution in [1.29, 1.82) is 0 Å². The second-order valence-electron chi connectivity index (χ2n) is 4.42. The fraction of sp³-hybridized carbons (Fsp3) is 0.308. The summed E-state index contributed by atoms with van der Waals surface area (Å²) in [5.41, 5.74) is 7.82. The summed E-state index contributed by atoms with van der Waals surface area (Å²) in [7, 11) is 3.61. The normalized spacial score (nSPS) is 10.5. The number of amides is 1. The van der Waals surface area contributed by atoms with E-state index >= 15 is 0 Å². The van der Waals surface area contributed by atoms with Gasteiger partial charge in [0.25, 0.3) is 5.91 Å². The monoisotopic (exact) mass is 259 g/mol. The van der Waals surface area contributed by atoms with Crippen molar-refractivity contribution in [2.24, 2.45) is 12.8 Å². The fourth-order valence-corrected chi connectivity index (χ4v) is 1.84. The Hall–Kier alpha value is -2.21. The van der Waals surface area contributed by atoms with Gasteiger partial charge in [0, 0.05) is 50.7 Å². The van der Waals surface area contributed by atoms with Crippen LogP contribution in [0.2, 0.25) is 0 Å². The molecule has 2 N–H and O–H groups in total. The number of hydrogen-bond acceptors (Lipinski definition) is 4. The number of rotatable bonds is 4. The van der Waals surface area contributed by atoms with Crippen molar-refractivity contribution in [3.63, 3.8) is 0 Å². The lowest BCUT2D eigenvalue weighted by atomic mass is 10.2. The van der Waals surface area contributed by atoms with Crippen LogP contribution in [0.4, 0.5) is 0 Å². The van der Waals surface area contributed by atoms with E-state index < -0.39 is 0 Å². The third kappa shape index (κ3) is 3.17. The number of carbonyl (C=O) groups is 1. The molecule has 0 fully saturated rings. The second-order valence-corrected chi connectivity index (χ2v) is 4.42.